The van der Waals surface area contributed by atoms with Gasteiger partial charge in [-0.05, 0) is 6.07 Å². The van der Waals surface area contributed by atoms with Crippen molar-refractivity contribution in [3.63, 3.8) is 0 Å². The van der Waals surface area contributed by atoms with Gasteiger partial charge < -0.3 is 11.1 Å². The van der Waals surface area contributed by atoms with E-state index in [-0.39, 0.29) is 35.1 Å². The van der Waals surface area contributed by atoms with Crippen LogP contribution in [0.3, 0.4) is 0 Å². The van der Waals surface area contributed by atoms with Gasteiger partial charge in [0.25, 0.3) is 5.69 Å². The van der Waals surface area contributed by atoms with E-state index in [4.69, 9.17) is 5.73 Å². The highest BCUT2D eigenvalue weighted by molar-refractivity contribution is 7.89. The number of nitrogens with one attached hydrogen (secondary N) is 2. The van der Waals surface area contributed by atoms with Crippen molar-refractivity contribution in [3.05, 3.63) is 28.3 Å². The molecule has 0 aromatic heterocycles. The molecular formula is C10H12N4O5S. The van der Waals surface area contributed by atoms with Gasteiger partial charge >= 0.3 is 0 Å². The fourth-order valence-electron chi connectivity index (χ4n) is 1.87. The van der Waals surface area contributed by atoms with Crippen LogP contribution in [0.5, 0.6) is 0 Å². The van der Waals surface area contributed by atoms with Crippen molar-refractivity contribution in [1.82, 2.24) is 10.0 Å². The largest absolute Gasteiger partial charge is 0.397 e. The fourth-order valence-corrected chi connectivity index (χ4v) is 3.21. The number of sulfonamides is 1. The predicted molar refractivity (Wildman–Crippen MR) is 69.2 cm³/mol. The highest BCUT2D eigenvalue weighted by atomic mass is 32.2. The minimum absolute atomic E-state index is 0.0477. The van der Waals surface area contributed by atoms with E-state index in [1.54, 1.807) is 0 Å². The Bertz CT molecular complexity index is 672. The zero-order chi connectivity index (χ0) is 14.9. The standard InChI is InChI=1S/C10H12N4O5S/c11-8-4-7(14(16)17)1-2-9(8)20(18,19)13-6-3-10(15)12-5-6/h1-2,4,6,13H,3,5,11H2,(H,12,15). The number of nitro groups is 1. The third-order valence-corrected chi connectivity index (χ3v) is 4.39. The van der Waals surface area contributed by atoms with Crippen LogP contribution in [0.2, 0.25) is 0 Å². The molecule has 10 heteroatoms. The van der Waals surface area contributed by atoms with Gasteiger partial charge in [-0.25, -0.2) is 13.1 Å². The Labute approximate surface area is 114 Å². The Morgan fingerprint density at radius 2 is 2.15 bits per heavy atom. The van der Waals surface area contributed by atoms with E-state index in [0.29, 0.717) is 0 Å². The summed E-state index contributed by atoms with van der Waals surface area (Å²) in [6.07, 6.45) is 0.0477. The van der Waals surface area contributed by atoms with Crippen molar-refractivity contribution in [3.8, 4) is 0 Å². The van der Waals surface area contributed by atoms with Gasteiger partial charge in [-0.15, -0.1) is 0 Å². The van der Waals surface area contributed by atoms with Crippen LogP contribution in [0.1, 0.15) is 6.42 Å². The monoisotopic (exact) mass is 300 g/mol. The molecule has 1 saturated heterocycles. The number of non-ortho nitro benzene ring substituents is 1. The first-order valence-corrected chi connectivity index (χ1v) is 7.11. The molecule has 0 radical (unpaired) electrons. The molecule has 0 aliphatic carbocycles. The van der Waals surface area contributed by atoms with E-state index >= 15 is 0 Å². The fraction of sp³-hybridized carbons (Fsp3) is 0.300. The highest BCUT2D eigenvalue weighted by Crippen LogP contribution is 2.24. The van der Waals surface area contributed by atoms with Gasteiger partial charge in [0.2, 0.25) is 15.9 Å². The zero-order valence-electron chi connectivity index (χ0n) is 10.2. The molecule has 9 nitrogen and oxygen atoms in total. The molecular weight excluding hydrogens is 288 g/mol. The molecule has 1 amide bonds. The van der Waals surface area contributed by atoms with Crippen LogP contribution in [-0.2, 0) is 14.8 Å². The molecule has 1 unspecified atom stereocenters. The van der Waals surface area contributed by atoms with Gasteiger partial charge in [0, 0.05) is 31.1 Å². The number of nitrogens with two attached hydrogens (primary N) is 1. The number of hydrogen-bond donors (Lipinski definition) is 3. The summed E-state index contributed by atoms with van der Waals surface area (Å²) in [6, 6.07) is 2.55. The average Bonchev–Trinajstić information content (AvgIpc) is 2.73. The van der Waals surface area contributed by atoms with Crippen molar-refractivity contribution in [2.75, 3.05) is 12.3 Å². The van der Waals surface area contributed by atoms with Crippen molar-refractivity contribution in [1.29, 1.82) is 0 Å². The van der Waals surface area contributed by atoms with Crippen LogP contribution in [0.15, 0.2) is 23.1 Å². The molecule has 1 heterocycles. The van der Waals surface area contributed by atoms with Crippen LogP contribution in [0, 0.1) is 10.1 Å². The summed E-state index contributed by atoms with van der Waals surface area (Å²) in [4.78, 5) is 20.7. The summed E-state index contributed by atoms with van der Waals surface area (Å²) in [5, 5.41) is 13.1. The molecule has 1 aromatic rings. The normalized spacial score (nSPS) is 18.8. The first kappa shape index (κ1) is 14.2. The molecule has 0 spiro atoms. The number of nitrogen functional groups attached to an aromatic ring is 1. The summed E-state index contributed by atoms with van der Waals surface area (Å²) in [5.41, 5.74) is 5.03. The molecule has 2 rings (SSSR count). The predicted octanol–water partition coefficient (Wildman–Crippen LogP) is -0.656. The van der Waals surface area contributed by atoms with Crippen molar-refractivity contribution >= 4 is 27.3 Å². The molecule has 1 aliphatic rings. The third kappa shape index (κ3) is 2.86. The smallest absolute Gasteiger partial charge is 0.271 e. The van der Waals surface area contributed by atoms with Crippen molar-refractivity contribution < 1.29 is 18.1 Å². The van der Waals surface area contributed by atoms with Crippen LogP contribution in [0.25, 0.3) is 0 Å². The Hall–Kier alpha value is -2.20. The second kappa shape index (κ2) is 5.06. The van der Waals surface area contributed by atoms with Crippen molar-refractivity contribution in [2.45, 2.75) is 17.4 Å². The van der Waals surface area contributed by atoms with E-state index in [1.165, 1.54) is 0 Å². The van der Waals surface area contributed by atoms with Crippen LogP contribution < -0.4 is 15.8 Å². The first-order valence-electron chi connectivity index (χ1n) is 5.62. The van der Waals surface area contributed by atoms with E-state index in [9.17, 15) is 23.3 Å². The lowest BCUT2D eigenvalue weighted by Crippen LogP contribution is -2.36. The van der Waals surface area contributed by atoms with Crippen LogP contribution in [-0.4, -0.2) is 31.8 Å². The van der Waals surface area contributed by atoms with E-state index in [0.717, 1.165) is 18.2 Å². The maximum atomic E-state index is 12.1. The van der Waals surface area contributed by atoms with Gasteiger partial charge in [0.15, 0.2) is 0 Å². The first-order chi connectivity index (χ1) is 9.29. The lowest BCUT2D eigenvalue weighted by molar-refractivity contribution is -0.384. The topological polar surface area (TPSA) is 144 Å². The molecule has 1 fully saturated rings. The molecule has 1 aromatic carbocycles. The number of rotatable bonds is 4. The second-order valence-corrected chi connectivity index (χ2v) is 5.99. The number of carbonyl (C=O) groups is 1. The van der Waals surface area contributed by atoms with E-state index in [1.807, 2.05) is 0 Å². The number of anilines is 1. The summed E-state index contributed by atoms with van der Waals surface area (Å²) >= 11 is 0. The van der Waals surface area contributed by atoms with Crippen molar-refractivity contribution in [2.24, 2.45) is 0 Å². The summed E-state index contributed by atoms with van der Waals surface area (Å²) in [7, 11) is -3.93. The van der Waals surface area contributed by atoms with Crippen LogP contribution in [0.4, 0.5) is 11.4 Å². The SMILES string of the molecule is Nc1cc([N+](=O)[O-])ccc1S(=O)(=O)NC1CNC(=O)C1. The molecule has 108 valence electrons. The second-order valence-electron chi connectivity index (χ2n) is 4.31. The highest BCUT2D eigenvalue weighted by Gasteiger charge is 2.28. The van der Waals surface area contributed by atoms with Crippen LogP contribution >= 0.6 is 0 Å². The van der Waals surface area contributed by atoms with E-state index in [2.05, 4.69) is 10.0 Å². The third-order valence-electron chi connectivity index (χ3n) is 2.79. The molecule has 4 N–H and O–H groups in total. The quantitative estimate of drug-likeness (QED) is 0.382. The van der Waals surface area contributed by atoms with Gasteiger partial charge in [0.1, 0.15) is 4.90 Å². The maximum absolute atomic E-state index is 12.1. The van der Waals surface area contributed by atoms with Gasteiger partial charge in [-0.3, -0.25) is 14.9 Å². The van der Waals surface area contributed by atoms with Gasteiger partial charge in [-0.1, -0.05) is 0 Å². The lowest BCUT2D eigenvalue weighted by Gasteiger charge is -2.12. The van der Waals surface area contributed by atoms with E-state index < -0.39 is 21.0 Å². The Morgan fingerprint density at radius 3 is 2.65 bits per heavy atom. The minimum Gasteiger partial charge on any atom is -0.397 e. The number of benzene rings is 1. The number of amides is 1. The average molecular weight is 300 g/mol. The van der Waals surface area contributed by atoms with Gasteiger partial charge in [0.05, 0.1) is 10.6 Å². The number of carbonyl (C=O) groups excluding carboxylic acids is 1. The maximum Gasteiger partial charge on any atom is 0.271 e. The molecule has 1 aliphatic heterocycles. The lowest BCUT2D eigenvalue weighted by atomic mass is 10.3. The summed E-state index contributed by atoms with van der Waals surface area (Å²) in [5.74, 6) is -0.241. The zero-order valence-corrected chi connectivity index (χ0v) is 11.0. The number of nitro benzene ring substituents is 1. The van der Waals surface area contributed by atoms with Gasteiger partial charge in [-0.2, -0.15) is 0 Å². The molecule has 20 heavy (non-hydrogen) atoms. The summed E-state index contributed by atoms with van der Waals surface area (Å²) in [6.45, 7) is 0.199. The summed E-state index contributed by atoms with van der Waals surface area (Å²) < 4.78 is 26.5. The molecule has 1 atom stereocenters. The molecule has 0 saturated carbocycles. The number of nitrogens with zero attached hydrogens (tertiary/aromatic N) is 1. The number of hydrogen-bond acceptors (Lipinski definition) is 6. The Balaban J connectivity index is 2.25. The Kier molecular flexibility index (Phi) is 3.59. The molecule has 0 bridgehead atoms. The Morgan fingerprint density at radius 1 is 1.45 bits per heavy atom. The minimum atomic E-state index is -3.93.